The minimum absolute atomic E-state index is 0.252. The largest absolute Gasteiger partial charge is 0.303 e. The van der Waals surface area contributed by atoms with Crippen molar-refractivity contribution in [2.45, 2.75) is 19.3 Å². The van der Waals surface area contributed by atoms with E-state index in [0.29, 0.717) is 0 Å². The maximum Gasteiger partial charge on any atom is 0.123 e. The summed E-state index contributed by atoms with van der Waals surface area (Å²) in [4.78, 5) is 10.6. The Balaban J connectivity index is 2.14. The van der Waals surface area contributed by atoms with Gasteiger partial charge in [-0.25, -0.2) is 0 Å². The quantitative estimate of drug-likeness (QED) is 0.649. The van der Waals surface area contributed by atoms with Crippen LogP contribution in [0.3, 0.4) is 0 Å². The van der Waals surface area contributed by atoms with Crippen LogP contribution >= 0.6 is 0 Å². The first kappa shape index (κ1) is 9.20. The number of hydrogen-bond donors (Lipinski definition) is 0. The zero-order chi connectivity index (χ0) is 9.80. The predicted molar refractivity (Wildman–Crippen MR) is 57.8 cm³/mol. The van der Waals surface area contributed by atoms with Gasteiger partial charge in [-0.2, -0.15) is 0 Å². The van der Waals surface area contributed by atoms with E-state index in [0.717, 1.165) is 25.5 Å². The molecule has 0 fully saturated rings. The molecule has 1 aromatic rings. The van der Waals surface area contributed by atoms with Gasteiger partial charge in [0.25, 0.3) is 0 Å². The highest BCUT2D eigenvalue weighted by Gasteiger charge is 2.13. The molecule has 1 aliphatic carbocycles. The summed E-state index contributed by atoms with van der Waals surface area (Å²) < 4.78 is 0. The van der Waals surface area contributed by atoms with Crippen LogP contribution < -0.4 is 0 Å². The lowest BCUT2D eigenvalue weighted by Crippen LogP contribution is -2.06. The molecule has 0 heterocycles. The first-order chi connectivity index (χ1) is 6.90. The Morgan fingerprint density at radius 1 is 1.21 bits per heavy atom. The van der Waals surface area contributed by atoms with Gasteiger partial charge in [0.2, 0.25) is 0 Å². The number of rotatable bonds is 2. The minimum Gasteiger partial charge on any atom is -0.303 e. The summed E-state index contributed by atoms with van der Waals surface area (Å²) >= 11 is 0. The van der Waals surface area contributed by atoms with E-state index in [1.807, 2.05) is 6.07 Å². The maximum atomic E-state index is 10.6. The van der Waals surface area contributed by atoms with Gasteiger partial charge in [0.05, 0.1) is 0 Å². The third kappa shape index (κ3) is 1.92. The zero-order valence-corrected chi connectivity index (χ0v) is 8.15. The van der Waals surface area contributed by atoms with Crippen LogP contribution in [0.4, 0.5) is 0 Å². The lowest BCUT2D eigenvalue weighted by molar-refractivity contribution is -0.111. The van der Waals surface area contributed by atoms with Crippen LogP contribution in [-0.4, -0.2) is 6.29 Å². The average molecular weight is 186 g/mol. The summed E-state index contributed by atoms with van der Waals surface area (Å²) in [6.07, 6.45) is 6.24. The van der Waals surface area contributed by atoms with E-state index in [1.54, 1.807) is 0 Å². The van der Waals surface area contributed by atoms with Crippen molar-refractivity contribution in [2.24, 2.45) is 5.92 Å². The SMILES string of the molecule is O=C[C@H]1CC=C(c2ccccc2)CC1. The Morgan fingerprint density at radius 3 is 2.57 bits per heavy atom. The molecule has 72 valence electrons. The molecule has 1 aromatic carbocycles. The highest BCUT2D eigenvalue weighted by Crippen LogP contribution is 2.28. The highest BCUT2D eigenvalue weighted by molar-refractivity contribution is 5.68. The third-order valence-electron chi connectivity index (χ3n) is 2.79. The Labute approximate surface area is 84.5 Å². The summed E-state index contributed by atoms with van der Waals surface area (Å²) in [6, 6.07) is 10.4. The van der Waals surface area contributed by atoms with E-state index < -0.39 is 0 Å². The predicted octanol–water partition coefficient (Wildman–Crippen LogP) is 3.07. The van der Waals surface area contributed by atoms with Crippen LogP contribution in [0.15, 0.2) is 36.4 Å². The van der Waals surface area contributed by atoms with Gasteiger partial charge in [0, 0.05) is 5.92 Å². The van der Waals surface area contributed by atoms with E-state index in [-0.39, 0.29) is 5.92 Å². The van der Waals surface area contributed by atoms with Crippen LogP contribution in [0.1, 0.15) is 24.8 Å². The van der Waals surface area contributed by atoms with Crippen molar-refractivity contribution in [3.05, 3.63) is 42.0 Å². The fraction of sp³-hybridized carbons (Fsp3) is 0.308. The molecule has 1 heteroatoms. The number of allylic oxidation sites excluding steroid dienone is 2. The lowest BCUT2D eigenvalue weighted by Gasteiger charge is -2.17. The summed E-state index contributed by atoms with van der Waals surface area (Å²) in [6.45, 7) is 0. The van der Waals surface area contributed by atoms with Crippen LogP contribution in [0.2, 0.25) is 0 Å². The van der Waals surface area contributed by atoms with Gasteiger partial charge < -0.3 is 4.79 Å². The van der Waals surface area contributed by atoms with E-state index in [4.69, 9.17) is 0 Å². The summed E-state index contributed by atoms with van der Waals surface area (Å²) in [5.41, 5.74) is 2.69. The number of benzene rings is 1. The van der Waals surface area contributed by atoms with Crippen molar-refractivity contribution in [1.29, 1.82) is 0 Å². The second kappa shape index (κ2) is 4.23. The number of aldehydes is 1. The monoisotopic (exact) mass is 186 g/mol. The molecule has 1 nitrogen and oxygen atoms in total. The third-order valence-corrected chi connectivity index (χ3v) is 2.79. The molecule has 0 aliphatic heterocycles. The molecule has 0 aromatic heterocycles. The second-order valence-corrected chi connectivity index (χ2v) is 3.77. The van der Waals surface area contributed by atoms with Gasteiger partial charge in [-0.3, -0.25) is 0 Å². The molecule has 1 atom stereocenters. The van der Waals surface area contributed by atoms with Crippen molar-refractivity contribution in [3.63, 3.8) is 0 Å². The number of hydrogen-bond acceptors (Lipinski definition) is 1. The van der Waals surface area contributed by atoms with Crippen LogP contribution in [0.25, 0.3) is 5.57 Å². The summed E-state index contributed by atoms with van der Waals surface area (Å²) in [5, 5.41) is 0. The fourth-order valence-electron chi connectivity index (χ4n) is 1.89. The normalized spacial score (nSPS) is 21.4. The van der Waals surface area contributed by atoms with Gasteiger partial charge in [0.15, 0.2) is 0 Å². The smallest absolute Gasteiger partial charge is 0.123 e. The molecule has 0 spiro atoms. The molecule has 0 amide bonds. The Morgan fingerprint density at radius 2 is 2.00 bits per heavy atom. The maximum absolute atomic E-state index is 10.6. The van der Waals surface area contributed by atoms with Crippen molar-refractivity contribution >= 4 is 11.9 Å². The Kier molecular flexibility index (Phi) is 2.78. The van der Waals surface area contributed by atoms with Gasteiger partial charge in [0.1, 0.15) is 6.29 Å². The molecular weight excluding hydrogens is 172 g/mol. The van der Waals surface area contributed by atoms with Crippen molar-refractivity contribution in [3.8, 4) is 0 Å². The first-order valence-electron chi connectivity index (χ1n) is 5.10. The molecular formula is C13H14O. The average Bonchev–Trinajstić information content (AvgIpc) is 2.30. The van der Waals surface area contributed by atoms with E-state index in [2.05, 4.69) is 30.3 Å². The first-order valence-corrected chi connectivity index (χ1v) is 5.10. The van der Waals surface area contributed by atoms with Crippen molar-refractivity contribution in [2.75, 3.05) is 0 Å². The van der Waals surface area contributed by atoms with E-state index in [1.165, 1.54) is 11.1 Å². The molecule has 0 unspecified atom stereocenters. The lowest BCUT2D eigenvalue weighted by atomic mass is 9.87. The zero-order valence-electron chi connectivity index (χ0n) is 8.15. The highest BCUT2D eigenvalue weighted by atomic mass is 16.1. The molecule has 0 saturated carbocycles. The molecule has 0 saturated heterocycles. The standard InChI is InChI=1S/C13H14O/c14-10-11-6-8-13(9-7-11)12-4-2-1-3-5-12/h1-5,8,10-11H,6-7,9H2/t11-/m0/s1. The fourth-order valence-corrected chi connectivity index (χ4v) is 1.89. The molecule has 2 rings (SSSR count). The van der Waals surface area contributed by atoms with Crippen LogP contribution in [0.5, 0.6) is 0 Å². The Bertz CT molecular complexity index is 338. The van der Waals surface area contributed by atoms with Crippen molar-refractivity contribution < 1.29 is 4.79 Å². The number of carbonyl (C=O) groups excluding carboxylic acids is 1. The van der Waals surface area contributed by atoms with Gasteiger partial charge in [-0.1, -0.05) is 36.4 Å². The van der Waals surface area contributed by atoms with E-state index in [9.17, 15) is 4.79 Å². The Hall–Kier alpha value is -1.37. The molecule has 1 aliphatic rings. The van der Waals surface area contributed by atoms with Crippen LogP contribution in [-0.2, 0) is 4.79 Å². The summed E-state index contributed by atoms with van der Waals surface area (Å²) in [5.74, 6) is 0.252. The van der Waals surface area contributed by atoms with Gasteiger partial charge >= 0.3 is 0 Å². The summed E-state index contributed by atoms with van der Waals surface area (Å²) in [7, 11) is 0. The molecule has 0 N–H and O–H groups in total. The second-order valence-electron chi connectivity index (χ2n) is 3.77. The van der Waals surface area contributed by atoms with Crippen molar-refractivity contribution in [1.82, 2.24) is 0 Å². The van der Waals surface area contributed by atoms with Gasteiger partial charge in [-0.15, -0.1) is 0 Å². The molecule has 14 heavy (non-hydrogen) atoms. The topological polar surface area (TPSA) is 17.1 Å². The number of carbonyl (C=O) groups is 1. The van der Waals surface area contributed by atoms with Gasteiger partial charge in [-0.05, 0) is 30.4 Å². The molecule has 0 bridgehead atoms. The minimum atomic E-state index is 0.252. The molecule has 0 radical (unpaired) electrons. The van der Waals surface area contributed by atoms with Crippen LogP contribution in [0, 0.1) is 5.92 Å². The van der Waals surface area contributed by atoms with E-state index >= 15 is 0 Å².